The molecule has 1 amide bonds. The first-order valence-electron chi connectivity index (χ1n) is 4.76. The number of nitrogens with zero attached hydrogens (tertiary/aromatic N) is 2. The molecule has 0 aliphatic carbocycles. The van der Waals surface area contributed by atoms with Crippen LogP contribution in [0.4, 0.5) is 5.82 Å². The highest BCUT2D eigenvalue weighted by atomic mass is 35.5. The summed E-state index contributed by atoms with van der Waals surface area (Å²) in [5.41, 5.74) is 5.65. The standard InChI is InChI=1S/C9H13ClN4O2/c1-2-5-7(10)13-4-14-9(5)12-3-6(15)8(11)16/h4,6,15H,2-3H2,1H3,(H2,11,16)(H,12,13,14). The van der Waals surface area contributed by atoms with E-state index in [1.165, 1.54) is 6.33 Å². The van der Waals surface area contributed by atoms with E-state index in [1.807, 2.05) is 6.92 Å². The van der Waals surface area contributed by atoms with Crippen molar-refractivity contribution in [1.29, 1.82) is 0 Å². The average Bonchev–Trinajstić information content (AvgIpc) is 2.25. The van der Waals surface area contributed by atoms with Gasteiger partial charge in [-0.1, -0.05) is 18.5 Å². The van der Waals surface area contributed by atoms with Crippen molar-refractivity contribution in [3.05, 3.63) is 17.0 Å². The van der Waals surface area contributed by atoms with Crippen molar-refractivity contribution in [2.24, 2.45) is 5.73 Å². The summed E-state index contributed by atoms with van der Waals surface area (Å²) in [5.74, 6) is -0.284. The van der Waals surface area contributed by atoms with Crippen LogP contribution in [0.5, 0.6) is 0 Å². The highest BCUT2D eigenvalue weighted by Crippen LogP contribution is 2.19. The van der Waals surface area contributed by atoms with E-state index in [4.69, 9.17) is 17.3 Å². The first-order chi connectivity index (χ1) is 7.56. The fraction of sp³-hybridized carbons (Fsp3) is 0.444. The van der Waals surface area contributed by atoms with Crippen LogP contribution in [0, 0.1) is 0 Å². The summed E-state index contributed by atoms with van der Waals surface area (Å²) in [7, 11) is 0. The molecule has 1 heterocycles. The number of hydrogen-bond acceptors (Lipinski definition) is 5. The maximum atomic E-state index is 10.6. The van der Waals surface area contributed by atoms with Gasteiger partial charge in [-0.05, 0) is 6.42 Å². The Kier molecular flexibility index (Phi) is 4.45. The highest BCUT2D eigenvalue weighted by Gasteiger charge is 2.13. The third kappa shape index (κ3) is 3.04. The largest absolute Gasteiger partial charge is 0.381 e. The number of aliphatic hydroxyl groups excluding tert-OH is 1. The lowest BCUT2D eigenvalue weighted by Crippen LogP contribution is -2.34. The number of carbonyl (C=O) groups is 1. The van der Waals surface area contributed by atoms with Gasteiger partial charge in [0.05, 0.1) is 6.54 Å². The predicted molar refractivity (Wildman–Crippen MR) is 60.1 cm³/mol. The van der Waals surface area contributed by atoms with Gasteiger partial charge in [0, 0.05) is 5.56 Å². The van der Waals surface area contributed by atoms with Crippen molar-refractivity contribution < 1.29 is 9.90 Å². The average molecular weight is 245 g/mol. The van der Waals surface area contributed by atoms with Gasteiger partial charge in [-0.2, -0.15) is 0 Å². The summed E-state index contributed by atoms with van der Waals surface area (Å²) in [6.45, 7) is 1.90. The smallest absolute Gasteiger partial charge is 0.248 e. The first kappa shape index (κ1) is 12.7. The highest BCUT2D eigenvalue weighted by molar-refractivity contribution is 6.30. The minimum absolute atomic E-state index is 0.00429. The number of rotatable bonds is 5. The number of carbonyl (C=O) groups excluding carboxylic acids is 1. The zero-order valence-corrected chi connectivity index (χ0v) is 9.53. The molecule has 0 aliphatic heterocycles. The molecule has 0 saturated carbocycles. The van der Waals surface area contributed by atoms with E-state index in [-0.39, 0.29) is 6.54 Å². The number of hydrogen-bond donors (Lipinski definition) is 3. The van der Waals surface area contributed by atoms with Crippen molar-refractivity contribution in [2.75, 3.05) is 11.9 Å². The summed E-state index contributed by atoms with van der Waals surface area (Å²) in [6, 6.07) is 0. The second kappa shape index (κ2) is 5.62. The molecule has 1 atom stereocenters. The summed E-state index contributed by atoms with van der Waals surface area (Å²) < 4.78 is 0. The van der Waals surface area contributed by atoms with Gasteiger partial charge in [0.15, 0.2) is 0 Å². The fourth-order valence-corrected chi connectivity index (χ4v) is 1.42. The van der Waals surface area contributed by atoms with Crippen LogP contribution in [0.2, 0.25) is 5.15 Å². The van der Waals surface area contributed by atoms with Crippen molar-refractivity contribution in [1.82, 2.24) is 9.97 Å². The molecule has 1 rings (SSSR count). The Balaban J connectivity index is 2.74. The van der Waals surface area contributed by atoms with Gasteiger partial charge in [0.1, 0.15) is 23.4 Å². The van der Waals surface area contributed by atoms with Gasteiger partial charge in [-0.25, -0.2) is 9.97 Å². The number of aliphatic hydroxyl groups is 1. The van der Waals surface area contributed by atoms with Crippen LogP contribution in [-0.2, 0) is 11.2 Å². The maximum absolute atomic E-state index is 10.6. The normalized spacial score (nSPS) is 12.2. The van der Waals surface area contributed by atoms with Gasteiger partial charge in [-0.3, -0.25) is 4.79 Å². The molecule has 0 radical (unpaired) electrons. The van der Waals surface area contributed by atoms with Crippen LogP contribution in [0.3, 0.4) is 0 Å². The van der Waals surface area contributed by atoms with Crippen LogP contribution in [0.1, 0.15) is 12.5 Å². The molecule has 4 N–H and O–H groups in total. The first-order valence-corrected chi connectivity index (χ1v) is 5.14. The van der Waals surface area contributed by atoms with Crippen LogP contribution in [-0.4, -0.2) is 33.6 Å². The molecule has 0 fully saturated rings. The summed E-state index contributed by atoms with van der Waals surface area (Å²) in [4.78, 5) is 18.4. The predicted octanol–water partition coefficient (Wildman–Crippen LogP) is -0.0495. The number of nitrogens with two attached hydrogens (primary N) is 1. The Labute approximate surface area is 97.8 Å². The third-order valence-corrected chi connectivity index (χ3v) is 2.36. The minimum Gasteiger partial charge on any atom is -0.381 e. The number of amides is 1. The molecule has 88 valence electrons. The SMILES string of the molecule is CCc1c(Cl)ncnc1NCC(O)C(N)=O. The summed E-state index contributed by atoms with van der Waals surface area (Å²) >= 11 is 5.86. The van der Waals surface area contributed by atoms with E-state index >= 15 is 0 Å². The molecule has 0 spiro atoms. The van der Waals surface area contributed by atoms with E-state index in [2.05, 4.69) is 15.3 Å². The monoisotopic (exact) mass is 244 g/mol. The second-order valence-electron chi connectivity index (χ2n) is 3.14. The molecule has 7 heteroatoms. The molecule has 16 heavy (non-hydrogen) atoms. The van der Waals surface area contributed by atoms with Gasteiger partial charge in [0.25, 0.3) is 0 Å². The maximum Gasteiger partial charge on any atom is 0.248 e. The molecule has 1 aromatic rings. The molecular formula is C9H13ClN4O2. The Morgan fingerprint density at radius 1 is 1.69 bits per heavy atom. The summed E-state index contributed by atoms with van der Waals surface area (Å²) in [6.07, 6.45) is 0.702. The second-order valence-corrected chi connectivity index (χ2v) is 3.50. The van der Waals surface area contributed by atoms with Crippen molar-refractivity contribution in [3.63, 3.8) is 0 Å². The zero-order chi connectivity index (χ0) is 12.1. The number of aromatic nitrogens is 2. The van der Waals surface area contributed by atoms with Crippen molar-refractivity contribution >= 4 is 23.3 Å². The van der Waals surface area contributed by atoms with Crippen LogP contribution >= 0.6 is 11.6 Å². The topological polar surface area (TPSA) is 101 Å². The van der Waals surface area contributed by atoms with Gasteiger partial charge >= 0.3 is 0 Å². The fourth-order valence-electron chi connectivity index (χ4n) is 1.15. The molecule has 6 nitrogen and oxygen atoms in total. The van der Waals surface area contributed by atoms with E-state index in [9.17, 15) is 9.90 Å². The Hall–Kier alpha value is -1.40. The van der Waals surface area contributed by atoms with E-state index < -0.39 is 12.0 Å². The van der Waals surface area contributed by atoms with E-state index in [1.54, 1.807) is 0 Å². The van der Waals surface area contributed by atoms with Gasteiger partial charge in [-0.15, -0.1) is 0 Å². The van der Waals surface area contributed by atoms with E-state index in [0.29, 0.717) is 17.4 Å². The van der Waals surface area contributed by atoms with Crippen molar-refractivity contribution in [3.8, 4) is 0 Å². The quantitative estimate of drug-likeness (QED) is 0.631. The number of primary amides is 1. The lowest BCUT2D eigenvalue weighted by atomic mass is 10.2. The molecule has 0 aliphatic rings. The Morgan fingerprint density at radius 3 is 2.94 bits per heavy atom. The zero-order valence-electron chi connectivity index (χ0n) is 8.77. The third-order valence-electron chi connectivity index (χ3n) is 2.04. The molecule has 0 bridgehead atoms. The lowest BCUT2D eigenvalue weighted by molar-refractivity contribution is -0.125. The van der Waals surface area contributed by atoms with Crippen LogP contribution in [0.25, 0.3) is 0 Å². The lowest BCUT2D eigenvalue weighted by Gasteiger charge is -2.12. The molecule has 0 saturated heterocycles. The molecular weight excluding hydrogens is 232 g/mol. The molecule has 1 aromatic heterocycles. The Morgan fingerprint density at radius 2 is 2.38 bits per heavy atom. The van der Waals surface area contributed by atoms with Crippen LogP contribution < -0.4 is 11.1 Å². The number of nitrogens with one attached hydrogen (secondary N) is 1. The van der Waals surface area contributed by atoms with Gasteiger partial charge in [0.2, 0.25) is 5.91 Å². The van der Waals surface area contributed by atoms with Gasteiger partial charge < -0.3 is 16.2 Å². The number of halogens is 1. The summed E-state index contributed by atoms with van der Waals surface area (Å²) in [5, 5.41) is 12.4. The van der Waals surface area contributed by atoms with E-state index in [0.717, 1.165) is 5.56 Å². The molecule has 0 aromatic carbocycles. The molecule has 1 unspecified atom stereocenters. The number of anilines is 1. The van der Waals surface area contributed by atoms with Crippen molar-refractivity contribution in [2.45, 2.75) is 19.4 Å². The minimum atomic E-state index is -1.25. The van der Waals surface area contributed by atoms with Crippen LogP contribution in [0.15, 0.2) is 6.33 Å². The Bertz CT molecular complexity index is 386.